The Morgan fingerprint density at radius 1 is 1.20 bits per heavy atom. The second-order valence-corrected chi connectivity index (χ2v) is 1.99. The second-order valence-electron chi connectivity index (χ2n) is 1.52. The Morgan fingerprint density at radius 3 is 1.70 bits per heavy atom. The van der Waals surface area contributed by atoms with Crippen molar-refractivity contribution >= 4 is 23.5 Å². The molecule has 5 nitrogen and oxygen atoms in total. The smallest absolute Gasteiger partial charge is 0.334 e. The maximum absolute atomic E-state index is 9.89. The fraction of sp³-hybridized carbons (Fsp3) is 0.500. The van der Waals surface area contributed by atoms with Crippen LogP contribution in [0.5, 0.6) is 0 Å². The van der Waals surface area contributed by atoms with E-state index in [1.807, 2.05) is 0 Å². The number of aliphatic hydroxyl groups excluding tert-OH is 1. The van der Waals surface area contributed by atoms with Gasteiger partial charge in [0.2, 0.25) is 0 Å². The molecule has 0 unspecified atom stereocenters. The number of carbonyl (C=O) groups is 2. The van der Waals surface area contributed by atoms with Crippen molar-refractivity contribution in [1.82, 2.24) is 0 Å². The van der Waals surface area contributed by atoms with Crippen LogP contribution in [0.3, 0.4) is 0 Å². The predicted molar refractivity (Wildman–Crippen MR) is 30.9 cm³/mol. The summed E-state index contributed by atoms with van der Waals surface area (Å²) >= 11 is 4.93. The molecule has 0 heterocycles. The van der Waals surface area contributed by atoms with Gasteiger partial charge in [0, 0.05) is 0 Å². The molecule has 0 saturated heterocycles. The van der Waals surface area contributed by atoms with E-state index in [-0.39, 0.29) is 0 Å². The van der Waals surface area contributed by atoms with Crippen LogP contribution in [-0.2, 0) is 9.59 Å². The Balaban J connectivity index is 4.07. The van der Waals surface area contributed by atoms with E-state index in [0.29, 0.717) is 0 Å². The molecule has 2 atom stereocenters. The highest BCUT2D eigenvalue weighted by atomic mass is 35.5. The molecule has 58 valence electrons. The van der Waals surface area contributed by atoms with Gasteiger partial charge in [-0.1, -0.05) is 0 Å². The molecule has 0 radical (unpaired) electrons. The monoisotopic (exact) mass is 168 g/mol. The Hall–Kier alpha value is -0.810. The van der Waals surface area contributed by atoms with Crippen molar-refractivity contribution in [3.63, 3.8) is 0 Å². The molecule has 0 amide bonds. The molecule has 0 rings (SSSR count). The van der Waals surface area contributed by atoms with Gasteiger partial charge < -0.3 is 15.3 Å². The van der Waals surface area contributed by atoms with Crippen molar-refractivity contribution in [3.8, 4) is 0 Å². The summed E-state index contributed by atoms with van der Waals surface area (Å²) in [6.07, 6.45) is -2.06. The summed E-state index contributed by atoms with van der Waals surface area (Å²) < 4.78 is 0. The van der Waals surface area contributed by atoms with Gasteiger partial charge in [-0.25, -0.2) is 4.79 Å². The van der Waals surface area contributed by atoms with Gasteiger partial charge in [-0.2, -0.15) is 0 Å². The highest BCUT2D eigenvalue weighted by Gasteiger charge is 2.29. The van der Waals surface area contributed by atoms with Gasteiger partial charge in [-0.3, -0.25) is 4.79 Å². The first kappa shape index (κ1) is 9.19. The van der Waals surface area contributed by atoms with E-state index >= 15 is 0 Å². The van der Waals surface area contributed by atoms with Gasteiger partial charge in [0.15, 0.2) is 11.5 Å². The van der Waals surface area contributed by atoms with Crippen LogP contribution < -0.4 is 0 Å². The average Bonchev–Trinajstić information content (AvgIpc) is 1.84. The molecule has 0 aromatic heterocycles. The molecule has 10 heavy (non-hydrogen) atoms. The molecule has 0 aliphatic heterocycles. The van der Waals surface area contributed by atoms with Crippen molar-refractivity contribution < 1.29 is 24.9 Å². The summed E-state index contributed by atoms with van der Waals surface area (Å²) in [4.78, 5) is 19.7. The number of carboxylic acid groups (broad SMARTS) is 2. The number of halogens is 1. The quantitative estimate of drug-likeness (QED) is 0.476. The van der Waals surface area contributed by atoms with Crippen LogP contribution in [0.4, 0.5) is 0 Å². The molecule has 0 bridgehead atoms. The van der Waals surface area contributed by atoms with E-state index in [9.17, 15) is 9.59 Å². The molecule has 0 aliphatic carbocycles. The van der Waals surface area contributed by atoms with Crippen LogP contribution in [0.1, 0.15) is 0 Å². The van der Waals surface area contributed by atoms with Crippen LogP contribution in [0.25, 0.3) is 0 Å². The summed E-state index contributed by atoms with van der Waals surface area (Å²) in [5.41, 5.74) is 0. The second kappa shape index (κ2) is 3.38. The van der Waals surface area contributed by atoms with Crippen molar-refractivity contribution in [3.05, 3.63) is 0 Å². The lowest BCUT2D eigenvalue weighted by Gasteiger charge is -2.06. The van der Waals surface area contributed by atoms with Gasteiger partial charge in [-0.15, -0.1) is 11.6 Å². The number of hydrogen-bond donors (Lipinski definition) is 3. The van der Waals surface area contributed by atoms with Crippen LogP contribution in [0.15, 0.2) is 0 Å². The zero-order chi connectivity index (χ0) is 8.31. The largest absolute Gasteiger partial charge is 0.480 e. The first-order valence-electron chi connectivity index (χ1n) is 2.24. The highest BCUT2D eigenvalue weighted by Crippen LogP contribution is 2.02. The van der Waals surface area contributed by atoms with Gasteiger partial charge in [0.25, 0.3) is 0 Å². The molecule has 0 saturated carbocycles. The van der Waals surface area contributed by atoms with E-state index in [4.69, 9.17) is 26.9 Å². The Bertz CT molecular complexity index is 138. The molecular formula is C4H5ClO5. The zero-order valence-corrected chi connectivity index (χ0v) is 5.45. The normalized spacial score (nSPS) is 15.8. The van der Waals surface area contributed by atoms with Crippen molar-refractivity contribution in [2.24, 2.45) is 0 Å². The lowest BCUT2D eigenvalue weighted by Crippen LogP contribution is -2.35. The third kappa shape index (κ3) is 2.20. The van der Waals surface area contributed by atoms with Gasteiger partial charge in [0.05, 0.1) is 0 Å². The minimum atomic E-state index is -2.06. The van der Waals surface area contributed by atoms with Crippen LogP contribution in [0.2, 0.25) is 0 Å². The lowest BCUT2D eigenvalue weighted by molar-refractivity contribution is -0.152. The average molecular weight is 169 g/mol. The number of aliphatic carboxylic acids is 2. The molecule has 0 fully saturated rings. The standard InChI is InChI=1S/C4H5ClO5/c5-1(3(7)8)2(6)4(9)10/h1-2,6H,(H,7,8)(H,9,10)/t1-,2+/m1/s1. The highest BCUT2D eigenvalue weighted by molar-refractivity contribution is 6.31. The Morgan fingerprint density at radius 2 is 1.60 bits per heavy atom. The Kier molecular flexibility index (Phi) is 3.11. The molecule has 3 N–H and O–H groups in total. The molecule has 0 aromatic rings. The van der Waals surface area contributed by atoms with Crippen molar-refractivity contribution in [1.29, 1.82) is 0 Å². The van der Waals surface area contributed by atoms with E-state index in [2.05, 4.69) is 0 Å². The van der Waals surface area contributed by atoms with Gasteiger partial charge in [0.1, 0.15) is 0 Å². The van der Waals surface area contributed by atoms with Gasteiger partial charge in [-0.05, 0) is 0 Å². The summed E-state index contributed by atoms with van der Waals surface area (Å²) in [7, 11) is 0. The molecular weight excluding hydrogens is 163 g/mol. The fourth-order valence-corrected chi connectivity index (χ4v) is 0.368. The summed E-state index contributed by atoms with van der Waals surface area (Å²) in [6.45, 7) is 0. The Labute approximate surface area is 60.8 Å². The molecule has 6 heteroatoms. The predicted octanol–water partition coefficient (Wildman–Crippen LogP) is -0.876. The minimum absolute atomic E-state index is 1.56. The third-order valence-corrected chi connectivity index (χ3v) is 1.19. The number of hydrogen-bond acceptors (Lipinski definition) is 3. The molecule has 0 aromatic carbocycles. The van der Waals surface area contributed by atoms with Crippen LogP contribution in [0, 0.1) is 0 Å². The zero-order valence-electron chi connectivity index (χ0n) is 4.69. The topological polar surface area (TPSA) is 94.8 Å². The maximum Gasteiger partial charge on any atom is 0.334 e. The SMILES string of the molecule is O=C(O)[C@@H](O)[C@@H](Cl)C(=O)O. The fourth-order valence-electron chi connectivity index (χ4n) is 0.260. The van der Waals surface area contributed by atoms with Crippen LogP contribution in [-0.4, -0.2) is 38.7 Å². The summed E-state index contributed by atoms with van der Waals surface area (Å²) in [6, 6.07) is 0. The van der Waals surface area contributed by atoms with Crippen molar-refractivity contribution in [2.45, 2.75) is 11.5 Å². The maximum atomic E-state index is 9.89. The third-order valence-electron chi connectivity index (χ3n) is 0.766. The first-order valence-corrected chi connectivity index (χ1v) is 2.68. The van der Waals surface area contributed by atoms with E-state index < -0.39 is 23.4 Å². The number of carboxylic acids is 2. The lowest BCUT2D eigenvalue weighted by atomic mass is 10.2. The number of rotatable bonds is 3. The van der Waals surface area contributed by atoms with Crippen molar-refractivity contribution in [2.75, 3.05) is 0 Å². The van der Waals surface area contributed by atoms with E-state index in [1.165, 1.54) is 0 Å². The van der Waals surface area contributed by atoms with Gasteiger partial charge >= 0.3 is 11.9 Å². The molecule has 0 aliphatic rings. The first-order chi connectivity index (χ1) is 4.46. The number of aliphatic hydroxyl groups is 1. The number of alkyl halides is 1. The molecule has 0 spiro atoms. The minimum Gasteiger partial charge on any atom is -0.480 e. The van der Waals surface area contributed by atoms with E-state index in [0.717, 1.165) is 0 Å². The van der Waals surface area contributed by atoms with Crippen LogP contribution >= 0.6 is 11.6 Å². The summed E-state index contributed by atoms with van der Waals surface area (Å²) in [5, 5.41) is 22.7. The van der Waals surface area contributed by atoms with E-state index in [1.54, 1.807) is 0 Å². The summed E-state index contributed by atoms with van der Waals surface area (Å²) in [5.74, 6) is -3.21.